The molecular weight excluding hydrogens is 589 g/mol. The van der Waals surface area contributed by atoms with Crippen LogP contribution in [0.3, 0.4) is 0 Å². The van der Waals surface area contributed by atoms with E-state index in [-0.39, 0.29) is 11.7 Å². The van der Waals surface area contributed by atoms with E-state index >= 15 is 0 Å². The van der Waals surface area contributed by atoms with Gasteiger partial charge in [0.05, 0.1) is 19.5 Å². The maximum absolute atomic E-state index is 13.1. The molecule has 0 bridgehead atoms. The molecule has 0 spiro atoms. The van der Waals surface area contributed by atoms with Gasteiger partial charge < -0.3 is 4.74 Å². The first-order valence-corrected chi connectivity index (χ1v) is 12.8. The van der Waals surface area contributed by atoms with Crippen molar-refractivity contribution in [3.63, 3.8) is 0 Å². The normalized spacial score (nSPS) is 14.9. The fraction of sp³-hybridized carbons (Fsp3) is 0.120. The first-order valence-electron chi connectivity index (χ1n) is 9.94. The number of carbonyl (C=O) groups is 1. The minimum atomic E-state index is -0.284. The van der Waals surface area contributed by atoms with Crippen molar-refractivity contribution in [2.45, 2.75) is 20.5 Å². The zero-order valence-electron chi connectivity index (χ0n) is 17.7. The number of amides is 1. The summed E-state index contributed by atoms with van der Waals surface area (Å²) in [6, 6.07) is 15.8. The summed E-state index contributed by atoms with van der Waals surface area (Å²) in [7, 11) is 0. The Morgan fingerprint density at radius 2 is 1.70 bits per heavy atom. The smallest absolute Gasteiger partial charge is 0.270 e. The molecule has 3 aromatic rings. The second-order valence-electron chi connectivity index (χ2n) is 7.51. The van der Waals surface area contributed by atoms with Gasteiger partial charge in [-0.15, -0.1) is 0 Å². The maximum atomic E-state index is 13.1. The van der Waals surface area contributed by atoms with Gasteiger partial charge in [0.25, 0.3) is 5.91 Å². The number of rotatable bonds is 5. The summed E-state index contributed by atoms with van der Waals surface area (Å²) >= 11 is 13.9. The van der Waals surface area contributed by atoms with Gasteiger partial charge in [0.1, 0.15) is 18.2 Å². The van der Waals surface area contributed by atoms with Crippen LogP contribution in [-0.2, 0) is 11.4 Å². The molecule has 0 unspecified atom stereocenters. The molecule has 0 saturated carbocycles. The number of anilines is 1. The van der Waals surface area contributed by atoms with Gasteiger partial charge in [0.2, 0.25) is 0 Å². The van der Waals surface area contributed by atoms with Gasteiger partial charge in [-0.1, -0.05) is 42.2 Å². The molecular formula is C25H18Br2FNO2S2. The Labute approximate surface area is 218 Å². The Balaban J connectivity index is 1.55. The second-order valence-corrected chi connectivity index (χ2v) is 10.9. The fourth-order valence-corrected chi connectivity index (χ4v) is 5.99. The molecule has 4 rings (SSSR count). The molecule has 3 aromatic carbocycles. The van der Waals surface area contributed by atoms with Crippen LogP contribution in [0.4, 0.5) is 10.1 Å². The van der Waals surface area contributed by atoms with Crippen molar-refractivity contribution in [3.8, 4) is 5.75 Å². The highest BCUT2D eigenvalue weighted by Gasteiger charge is 2.33. The van der Waals surface area contributed by atoms with Crippen LogP contribution in [0.1, 0.15) is 22.3 Å². The van der Waals surface area contributed by atoms with Crippen LogP contribution >= 0.6 is 55.8 Å². The molecule has 1 heterocycles. The number of carbonyl (C=O) groups excluding carboxylic acids is 1. The monoisotopic (exact) mass is 605 g/mol. The third kappa shape index (κ3) is 5.40. The molecule has 1 aliphatic heterocycles. The highest BCUT2D eigenvalue weighted by molar-refractivity contribution is 9.11. The molecule has 0 aromatic heterocycles. The summed E-state index contributed by atoms with van der Waals surface area (Å²) < 4.78 is 21.0. The minimum absolute atomic E-state index is 0.142. The van der Waals surface area contributed by atoms with Crippen LogP contribution in [0.2, 0.25) is 0 Å². The molecule has 1 saturated heterocycles. The zero-order valence-corrected chi connectivity index (χ0v) is 22.5. The summed E-state index contributed by atoms with van der Waals surface area (Å²) in [6.07, 6.45) is 1.82. The Morgan fingerprint density at radius 3 is 2.33 bits per heavy atom. The average molecular weight is 607 g/mol. The van der Waals surface area contributed by atoms with E-state index in [0.29, 0.717) is 21.6 Å². The van der Waals surface area contributed by atoms with Crippen LogP contribution in [0.5, 0.6) is 5.75 Å². The average Bonchev–Trinajstić information content (AvgIpc) is 3.03. The predicted molar refractivity (Wildman–Crippen MR) is 144 cm³/mol. The van der Waals surface area contributed by atoms with Gasteiger partial charge in [-0.05, 0) is 110 Å². The van der Waals surface area contributed by atoms with Crippen molar-refractivity contribution in [2.24, 2.45) is 0 Å². The van der Waals surface area contributed by atoms with Gasteiger partial charge in [-0.25, -0.2) is 4.39 Å². The number of thiocarbonyl (C=S) groups is 1. The van der Waals surface area contributed by atoms with Crippen molar-refractivity contribution >= 4 is 77.8 Å². The van der Waals surface area contributed by atoms with E-state index in [1.165, 1.54) is 23.9 Å². The molecule has 0 radical (unpaired) electrons. The Hall–Kier alpha value is -2.00. The lowest BCUT2D eigenvalue weighted by molar-refractivity contribution is -0.113. The van der Waals surface area contributed by atoms with E-state index < -0.39 is 0 Å². The third-order valence-electron chi connectivity index (χ3n) is 5.16. The van der Waals surface area contributed by atoms with Gasteiger partial charge in [0, 0.05) is 0 Å². The fourth-order valence-electron chi connectivity index (χ4n) is 3.24. The number of thioether (sulfide) groups is 1. The van der Waals surface area contributed by atoms with Gasteiger partial charge in [0.15, 0.2) is 4.32 Å². The largest absolute Gasteiger partial charge is 0.487 e. The number of nitrogens with zero attached hydrogens (tertiary/aromatic N) is 1. The van der Waals surface area contributed by atoms with Crippen molar-refractivity contribution in [1.29, 1.82) is 0 Å². The maximum Gasteiger partial charge on any atom is 0.270 e. The molecule has 8 heteroatoms. The van der Waals surface area contributed by atoms with E-state index in [9.17, 15) is 9.18 Å². The number of ether oxygens (including phenoxy) is 1. The quantitative estimate of drug-likeness (QED) is 0.218. The molecule has 168 valence electrons. The summed E-state index contributed by atoms with van der Waals surface area (Å²) in [6.45, 7) is 4.35. The van der Waals surface area contributed by atoms with E-state index in [1.807, 2.05) is 50.3 Å². The van der Waals surface area contributed by atoms with Gasteiger partial charge in [-0.3, -0.25) is 9.69 Å². The Kier molecular flexibility index (Phi) is 7.38. The lowest BCUT2D eigenvalue weighted by Crippen LogP contribution is -2.27. The topological polar surface area (TPSA) is 29.5 Å². The first kappa shape index (κ1) is 24.1. The number of benzene rings is 3. The molecule has 1 fully saturated rings. The minimum Gasteiger partial charge on any atom is -0.487 e. The van der Waals surface area contributed by atoms with Crippen molar-refractivity contribution in [3.05, 3.63) is 96.5 Å². The number of hydrogen-bond acceptors (Lipinski definition) is 4. The van der Waals surface area contributed by atoms with E-state index in [4.69, 9.17) is 17.0 Å². The first-order chi connectivity index (χ1) is 15.7. The zero-order chi connectivity index (χ0) is 23.7. The summed E-state index contributed by atoms with van der Waals surface area (Å²) in [5.74, 6) is 0.199. The molecule has 0 aliphatic carbocycles. The van der Waals surface area contributed by atoms with Crippen molar-refractivity contribution in [2.75, 3.05) is 4.90 Å². The van der Waals surface area contributed by atoms with Gasteiger partial charge >= 0.3 is 0 Å². The van der Waals surface area contributed by atoms with Crippen molar-refractivity contribution < 1.29 is 13.9 Å². The van der Waals surface area contributed by atoms with Crippen LogP contribution < -0.4 is 9.64 Å². The van der Waals surface area contributed by atoms with Gasteiger partial charge in [-0.2, -0.15) is 0 Å². The van der Waals surface area contributed by atoms with Crippen LogP contribution in [-0.4, -0.2) is 10.2 Å². The number of aryl methyl sites for hydroxylation is 2. The molecule has 0 N–H and O–H groups in total. The third-order valence-corrected chi connectivity index (χ3v) is 7.64. The Bertz CT molecular complexity index is 1270. The van der Waals surface area contributed by atoms with Crippen LogP contribution in [0.15, 0.2) is 68.4 Å². The Morgan fingerprint density at radius 1 is 1.03 bits per heavy atom. The SMILES string of the molecule is Cc1ccc(N2C(=O)/C(=C\c3cc(Br)c(OCc4ccc(F)cc4)c(Br)c3)SC2=S)cc1C. The highest BCUT2D eigenvalue weighted by atomic mass is 79.9. The standard InChI is InChI=1S/C25H18Br2FNO2S2/c1-14-3-8-19(9-15(14)2)29-24(30)22(33-25(29)32)12-17-10-20(26)23(21(27)11-17)31-13-16-4-6-18(28)7-5-16/h3-12H,13H2,1-2H3/b22-12+. The summed E-state index contributed by atoms with van der Waals surface area (Å²) in [5, 5.41) is 0. The summed E-state index contributed by atoms with van der Waals surface area (Å²) in [4.78, 5) is 15.2. The molecule has 0 atom stereocenters. The molecule has 1 amide bonds. The lowest BCUT2D eigenvalue weighted by Gasteiger charge is -2.16. The second kappa shape index (κ2) is 10.1. The van der Waals surface area contributed by atoms with Crippen LogP contribution in [0.25, 0.3) is 6.08 Å². The number of halogens is 3. The van der Waals surface area contributed by atoms with Crippen molar-refractivity contribution in [1.82, 2.24) is 0 Å². The molecule has 33 heavy (non-hydrogen) atoms. The summed E-state index contributed by atoms with van der Waals surface area (Å²) in [5.41, 5.74) is 4.72. The van der Waals surface area contributed by atoms with Crippen LogP contribution in [0, 0.1) is 19.7 Å². The number of hydrogen-bond donors (Lipinski definition) is 0. The molecule has 3 nitrogen and oxygen atoms in total. The predicted octanol–water partition coefficient (Wildman–Crippen LogP) is 7.95. The van der Waals surface area contributed by atoms with E-state index in [1.54, 1.807) is 17.0 Å². The van der Waals surface area contributed by atoms with E-state index in [2.05, 4.69) is 31.9 Å². The highest BCUT2D eigenvalue weighted by Crippen LogP contribution is 2.39. The van der Waals surface area contributed by atoms with E-state index in [0.717, 1.165) is 36.9 Å². The molecule has 1 aliphatic rings. The lowest BCUT2D eigenvalue weighted by atomic mass is 10.1.